The van der Waals surface area contributed by atoms with E-state index in [1.807, 2.05) is 0 Å². The summed E-state index contributed by atoms with van der Waals surface area (Å²) in [7, 11) is 0. The van der Waals surface area contributed by atoms with Crippen molar-refractivity contribution in [2.45, 2.75) is 25.9 Å². The van der Waals surface area contributed by atoms with Crippen LogP contribution >= 0.6 is 0 Å². The van der Waals surface area contributed by atoms with E-state index in [0.717, 1.165) is 0 Å². The predicted molar refractivity (Wildman–Crippen MR) is 60.1 cm³/mol. The summed E-state index contributed by atoms with van der Waals surface area (Å²) in [6, 6.07) is 6.33. The summed E-state index contributed by atoms with van der Waals surface area (Å²) in [5.74, 6) is -0.490. The molecule has 0 spiro atoms. The quantitative estimate of drug-likeness (QED) is 0.754. The van der Waals surface area contributed by atoms with Crippen molar-refractivity contribution in [3.05, 3.63) is 35.4 Å². The molecule has 0 radical (unpaired) electrons. The minimum Gasteiger partial charge on any atom is -0.326 e. The van der Waals surface area contributed by atoms with Gasteiger partial charge in [0.05, 0.1) is 17.2 Å². The first kappa shape index (κ1) is 10.8. The molecule has 1 heterocycles. The van der Waals surface area contributed by atoms with Gasteiger partial charge in [0.15, 0.2) is 0 Å². The highest BCUT2D eigenvalue weighted by Crippen LogP contribution is 2.24. The minimum absolute atomic E-state index is 0.234. The number of hydrogen-bond donors (Lipinski definition) is 1. The number of imide groups is 1. The zero-order valence-corrected chi connectivity index (χ0v) is 9.31. The fourth-order valence-corrected chi connectivity index (χ4v) is 1.81. The highest BCUT2D eigenvalue weighted by Gasteiger charge is 2.38. The van der Waals surface area contributed by atoms with Gasteiger partial charge in [0.2, 0.25) is 0 Å². The van der Waals surface area contributed by atoms with E-state index in [2.05, 4.69) is 0 Å². The summed E-state index contributed by atoms with van der Waals surface area (Å²) in [6.07, 6.45) is 0. The van der Waals surface area contributed by atoms with Gasteiger partial charge in [-0.05, 0) is 26.0 Å². The second kappa shape index (κ2) is 3.72. The molecule has 0 aliphatic carbocycles. The van der Waals surface area contributed by atoms with Gasteiger partial charge in [-0.1, -0.05) is 12.1 Å². The molecule has 2 N–H and O–H groups in total. The number of nitrogens with two attached hydrogens (primary N) is 1. The maximum absolute atomic E-state index is 12.0. The standard InChI is InChI=1S/C12H14N2O2/c1-7(13)8(2)14-11(15)9-5-3-4-6-10(9)12(14)16/h3-8H,13H2,1-2H3/t7-,8?/m0/s1. The maximum atomic E-state index is 12.0. The van der Waals surface area contributed by atoms with Crippen molar-refractivity contribution in [3.8, 4) is 0 Å². The molecule has 2 amide bonds. The second-order valence-electron chi connectivity index (χ2n) is 4.13. The zero-order valence-electron chi connectivity index (χ0n) is 9.31. The molecule has 0 aromatic heterocycles. The van der Waals surface area contributed by atoms with Crippen LogP contribution in [0.1, 0.15) is 34.6 Å². The molecule has 1 aromatic rings. The van der Waals surface area contributed by atoms with Crippen molar-refractivity contribution >= 4 is 11.8 Å². The number of benzene rings is 1. The molecule has 2 atom stereocenters. The molecule has 16 heavy (non-hydrogen) atoms. The molecular weight excluding hydrogens is 204 g/mol. The summed E-state index contributed by atoms with van der Waals surface area (Å²) in [4.78, 5) is 25.3. The molecule has 0 saturated heterocycles. The average Bonchev–Trinajstić information content (AvgIpc) is 2.52. The third-order valence-corrected chi connectivity index (χ3v) is 2.99. The van der Waals surface area contributed by atoms with Gasteiger partial charge < -0.3 is 5.73 Å². The van der Waals surface area contributed by atoms with Gasteiger partial charge in [0.25, 0.3) is 11.8 Å². The molecule has 0 fully saturated rings. The van der Waals surface area contributed by atoms with Gasteiger partial charge >= 0.3 is 0 Å². The number of amides is 2. The lowest BCUT2D eigenvalue weighted by atomic mass is 10.1. The second-order valence-corrected chi connectivity index (χ2v) is 4.13. The maximum Gasteiger partial charge on any atom is 0.261 e. The van der Waals surface area contributed by atoms with Gasteiger partial charge in [-0.3, -0.25) is 14.5 Å². The number of carbonyl (C=O) groups excluding carboxylic acids is 2. The summed E-state index contributed by atoms with van der Waals surface area (Å²) in [6.45, 7) is 3.57. The van der Waals surface area contributed by atoms with Crippen molar-refractivity contribution in [3.63, 3.8) is 0 Å². The Balaban J connectivity index is 2.43. The summed E-state index contributed by atoms with van der Waals surface area (Å²) in [5.41, 5.74) is 6.67. The molecule has 1 aliphatic rings. The third kappa shape index (κ3) is 1.42. The van der Waals surface area contributed by atoms with Gasteiger partial charge in [-0.25, -0.2) is 0 Å². The first-order valence-corrected chi connectivity index (χ1v) is 5.26. The van der Waals surface area contributed by atoms with E-state index in [4.69, 9.17) is 5.73 Å². The molecule has 4 heteroatoms. The Labute approximate surface area is 94.0 Å². The van der Waals surface area contributed by atoms with E-state index in [1.54, 1.807) is 38.1 Å². The number of carbonyl (C=O) groups is 2. The van der Waals surface area contributed by atoms with Crippen LogP contribution in [0.4, 0.5) is 0 Å². The van der Waals surface area contributed by atoms with Crippen LogP contribution in [0.3, 0.4) is 0 Å². The number of fused-ring (bicyclic) bond motifs is 1. The van der Waals surface area contributed by atoms with Gasteiger partial charge in [0.1, 0.15) is 0 Å². The summed E-state index contributed by atoms with van der Waals surface area (Å²) in [5, 5.41) is 0. The lowest BCUT2D eigenvalue weighted by molar-refractivity contribution is 0.0580. The van der Waals surface area contributed by atoms with Crippen molar-refractivity contribution in [2.24, 2.45) is 5.73 Å². The Kier molecular flexibility index (Phi) is 2.52. The number of rotatable bonds is 2. The smallest absolute Gasteiger partial charge is 0.261 e. The normalized spacial score (nSPS) is 18.6. The first-order valence-electron chi connectivity index (χ1n) is 5.26. The van der Waals surface area contributed by atoms with Crippen molar-refractivity contribution in [2.75, 3.05) is 0 Å². The van der Waals surface area contributed by atoms with Gasteiger partial charge in [0, 0.05) is 6.04 Å². The molecule has 4 nitrogen and oxygen atoms in total. The monoisotopic (exact) mass is 218 g/mol. The van der Waals surface area contributed by atoms with Crippen molar-refractivity contribution in [1.29, 1.82) is 0 Å². The Hall–Kier alpha value is -1.68. The third-order valence-electron chi connectivity index (χ3n) is 2.99. The van der Waals surface area contributed by atoms with E-state index >= 15 is 0 Å². The SMILES string of the molecule is CC([C@H](C)N)N1C(=O)c2ccccc2C1=O. The topological polar surface area (TPSA) is 63.4 Å². The van der Waals surface area contributed by atoms with Crippen LogP contribution in [0, 0.1) is 0 Å². The Morgan fingerprint density at radius 2 is 1.50 bits per heavy atom. The van der Waals surface area contributed by atoms with E-state index in [1.165, 1.54) is 4.90 Å². The van der Waals surface area contributed by atoms with Crippen molar-refractivity contribution < 1.29 is 9.59 Å². The Morgan fingerprint density at radius 1 is 1.06 bits per heavy atom. The van der Waals surface area contributed by atoms with E-state index in [0.29, 0.717) is 11.1 Å². The van der Waals surface area contributed by atoms with E-state index in [-0.39, 0.29) is 23.9 Å². The Morgan fingerprint density at radius 3 is 1.88 bits per heavy atom. The molecule has 2 rings (SSSR count). The van der Waals surface area contributed by atoms with Crippen LogP contribution in [-0.2, 0) is 0 Å². The fraction of sp³-hybridized carbons (Fsp3) is 0.333. The predicted octanol–water partition coefficient (Wildman–Crippen LogP) is 1.02. The number of nitrogens with zero attached hydrogens (tertiary/aromatic N) is 1. The van der Waals surface area contributed by atoms with Crippen LogP contribution < -0.4 is 5.73 Å². The van der Waals surface area contributed by atoms with Crippen LogP contribution in [-0.4, -0.2) is 28.8 Å². The van der Waals surface area contributed by atoms with E-state index in [9.17, 15) is 9.59 Å². The highest BCUT2D eigenvalue weighted by molar-refractivity contribution is 6.21. The fourth-order valence-electron chi connectivity index (χ4n) is 1.81. The summed E-state index contributed by atoms with van der Waals surface area (Å²) >= 11 is 0. The van der Waals surface area contributed by atoms with Gasteiger partial charge in [-0.2, -0.15) is 0 Å². The van der Waals surface area contributed by atoms with Crippen LogP contribution in [0.15, 0.2) is 24.3 Å². The first-order chi connectivity index (χ1) is 7.54. The molecule has 1 aliphatic heterocycles. The van der Waals surface area contributed by atoms with Crippen LogP contribution in [0.25, 0.3) is 0 Å². The number of hydrogen-bond acceptors (Lipinski definition) is 3. The molecular formula is C12H14N2O2. The molecule has 84 valence electrons. The largest absolute Gasteiger partial charge is 0.326 e. The summed E-state index contributed by atoms with van der Waals surface area (Å²) < 4.78 is 0. The molecule has 0 bridgehead atoms. The molecule has 1 unspecified atom stereocenters. The highest BCUT2D eigenvalue weighted by atomic mass is 16.2. The van der Waals surface area contributed by atoms with Crippen molar-refractivity contribution in [1.82, 2.24) is 4.90 Å². The average molecular weight is 218 g/mol. The van der Waals surface area contributed by atoms with E-state index < -0.39 is 0 Å². The van der Waals surface area contributed by atoms with Gasteiger partial charge in [-0.15, -0.1) is 0 Å². The molecule has 0 saturated carbocycles. The molecule has 1 aromatic carbocycles. The lowest BCUT2D eigenvalue weighted by Crippen LogP contribution is -2.47. The lowest BCUT2D eigenvalue weighted by Gasteiger charge is -2.25. The van der Waals surface area contributed by atoms with Crippen LogP contribution in [0.2, 0.25) is 0 Å². The minimum atomic E-state index is -0.285. The zero-order chi connectivity index (χ0) is 11.9. The Bertz CT molecular complexity index is 419. The van der Waals surface area contributed by atoms with Crippen LogP contribution in [0.5, 0.6) is 0 Å².